The lowest BCUT2D eigenvalue weighted by Gasteiger charge is -2.25. The van der Waals surface area contributed by atoms with Gasteiger partial charge in [0.2, 0.25) is 0 Å². The fourth-order valence-corrected chi connectivity index (χ4v) is 1.35. The highest BCUT2D eigenvalue weighted by Gasteiger charge is 2.30. The van der Waals surface area contributed by atoms with Crippen molar-refractivity contribution in [1.29, 1.82) is 0 Å². The van der Waals surface area contributed by atoms with E-state index in [1.54, 1.807) is 20.8 Å². The number of methoxy groups -OCH3 is 1. The molecule has 0 saturated heterocycles. The van der Waals surface area contributed by atoms with Crippen molar-refractivity contribution in [2.24, 2.45) is 5.92 Å². The minimum absolute atomic E-state index is 0.393. The number of hydrogen-bond donors (Lipinski definition) is 2. The zero-order valence-corrected chi connectivity index (χ0v) is 11.9. The first-order valence-electron chi connectivity index (χ1n) is 5.86. The number of alkyl carbamates (subject to hydrolysis) is 1. The van der Waals surface area contributed by atoms with Crippen LogP contribution in [-0.4, -0.2) is 41.9 Å². The number of hydrogen-bond acceptors (Lipinski definition) is 5. The predicted molar refractivity (Wildman–Crippen MR) is 66.6 cm³/mol. The molecule has 110 valence electrons. The van der Waals surface area contributed by atoms with E-state index in [-0.39, 0.29) is 0 Å². The van der Waals surface area contributed by atoms with Gasteiger partial charge in [0, 0.05) is 0 Å². The molecule has 0 aliphatic rings. The Hall–Kier alpha value is -1.79. The highest BCUT2D eigenvalue weighted by molar-refractivity contribution is 5.77. The second kappa shape index (κ2) is 6.96. The molecule has 0 aromatic heterocycles. The zero-order chi connectivity index (χ0) is 15.2. The van der Waals surface area contributed by atoms with Gasteiger partial charge in [-0.1, -0.05) is 0 Å². The average Bonchev–Trinajstić information content (AvgIpc) is 2.22. The van der Waals surface area contributed by atoms with E-state index in [1.165, 1.54) is 14.0 Å². The molecule has 0 spiro atoms. The van der Waals surface area contributed by atoms with Crippen molar-refractivity contribution in [2.45, 2.75) is 45.8 Å². The minimum Gasteiger partial charge on any atom is -0.481 e. The van der Waals surface area contributed by atoms with Crippen LogP contribution in [-0.2, 0) is 19.1 Å². The van der Waals surface area contributed by atoms with Crippen molar-refractivity contribution < 1.29 is 29.0 Å². The van der Waals surface area contributed by atoms with Gasteiger partial charge in [-0.05, 0) is 27.7 Å². The maximum absolute atomic E-state index is 11.6. The molecule has 0 aliphatic carbocycles. The molecule has 0 bridgehead atoms. The zero-order valence-electron chi connectivity index (χ0n) is 11.9. The van der Waals surface area contributed by atoms with Gasteiger partial charge in [0.15, 0.2) is 0 Å². The van der Waals surface area contributed by atoms with Crippen molar-refractivity contribution in [1.82, 2.24) is 5.32 Å². The van der Waals surface area contributed by atoms with Crippen LogP contribution in [0.3, 0.4) is 0 Å². The van der Waals surface area contributed by atoms with Gasteiger partial charge >= 0.3 is 18.0 Å². The molecule has 0 aromatic carbocycles. The van der Waals surface area contributed by atoms with E-state index in [2.05, 4.69) is 10.1 Å². The molecule has 0 radical (unpaired) electrons. The van der Waals surface area contributed by atoms with Gasteiger partial charge in [-0.2, -0.15) is 0 Å². The number of carbonyl (C=O) groups excluding carboxylic acids is 2. The third-order valence-electron chi connectivity index (χ3n) is 2.27. The Bertz CT molecular complexity index is 347. The van der Waals surface area contributed by atoms with Crippen LogP contribution >= 0.6 is 0 Å². The van der Waals surface area contributed by atoms with Crippen LogP contribution < -0.4 is 5.32 Å². The second-order valence-electron chi connectivity index (χ2n) is 5.16. The Labute approximate surface area is 112 Å². The normalized spacial score (nSPS) is 14.2. The topological polar surface area (TPSA) is 102 Å². The molecule has 7 heteroatoms. The molecular weight excluding hydrogens is 254 g/mol. The van der Waals surface area contributed by atoms with Crippen molar-refractivity contribution in [3.63, 3.8) is 0 Å². The Morgan fingerprint density at radius 1 is 1.26 bits per heavy atom. The van der Waals surface area contributed by atoms with Crippen LogP contribution in [0, 0.1) is 5.92 Å². The molecule has 2 atom stereocenters. The van der Waals surface area contributed by atoms with Gasteiger partial charge in [-0.3, -0.25) is 9.59 Å². The summed E-state index contributed by atoms with van der Waals surface area (Å²) >= 11 is 0. The lowest BCUT2D eigenvalue weighted by Crippen LogP contribution is -2.45. The molecule has 2 unspecified atom stereocenters. The number of carbonyl (C=O) groups is 3. The van der Waals surface area contributed by atoms with Gasteiger partial charge in [0.05, 0.1) is 25.5 Å². The Morgan fingerprint density at radius 3 is 2.16 bits per heavy atom. The summed E-state index contributed by atoms with van der Waals surface area (Å²) in [4.78, 5) is 33.7. The quantitative estimate of drug-likeness (QED) is 0.730. The number of amides is 1. The summed E-state index contributed by atoms with van der Waals surface area (Å²) in [5, 5.41) is 11.2. The van der Waals surface area contributed by atoms with E-state index >= 15 is 0 Å². The fourth-order valence-electron chi connectivity index (χ4n) is 1.35. The maximum Gasteiger partial charge on any atom is 0.407 e. The van der Waals surface area contributed by atoms with E-state index in [4.69, 9.17) is 9.84 Å². The number of esters is 1. The maximum atomic E-state index is 11.6. The summed E-state index contributed by atoms with van der Waals surface area (Å²) in [6.07, 6.45) is -1.16. The highest BCUT2D eigenvalue weighted by atomic mass is 16.6. The summed E-state index contributed by atoms with van der Waals surface area (Å²) in [5.41, 5.74) is -0.702. The number of rotatable bonds is 5. The molecule has 0 rings (SSSR count). The van der Waals surface area contributed by atoms with Crippen LogP contribution in [0.4, 0.5) is 4.79 Å². The molecule has 19 heavy (non-hydrogen) atoms. The molecular formula is C12H21NO6. The average molecular weight is 275 g/mol. The Morgan fingerprint density at radius 2 is 1.79 bits per heavy atom. The Balaban J connectivity index is 4.73. The summed E-state index contributed by atoms with van der Waals surface area (Å²) in [6, 6.07) is -0.889. The lowest BCUT2D eigenvalue weighted by molar-refractivity contribution is -0.146. The van der Waals surface area contributed by atoms with Crippen LogP contribution in [0.5, 0.6) is 0 Å². The first-order chi connectivity index (χ1) is 8.56. The smallest absolute Gasteiger partial charge is 0.407 e. The van der Waals surface area contributed by atoms with E-state index in [0.29, 0.717) is 0 Å². The molecule has 0 aromatic rings. The summed E-state index contributed by atoms with van der Waals surface area (Å²) in [5.74, 6) is -2.51. The second-order valence-corrected chi connectivity index (χ2v) is 5.16. The van der Waals surface area contributed by atoms with Gasteiger partial charge in [-0.25, -0.2) is 4.79 Å². The summed E-state index contributed by atoms with van der Waals surface area (Å²) in [7, 11) is 1.20. The van der Waals surface area contributed by atoms with Crippen LogP contribution in [0.2, 0.25) is 0 Å². The van der Waals surface area contributed by atoms with Crippen molar-refractivity contribution in [2.75, 3.05) is 7.11 Å². The lowest BCUT2D eigenvalue weighted by atomic mass is 9.99. The largest absolute Gasteiger partial charge is 0.481 e. The SMILES string of the molecule is COC(=O)C(C)C(CC(=O)O)NC(=O)OC(C)(C)C. The number of ether oxygens (including phenoxy) is 2. The molecule has 0 saturated carbocycles. The van der Waals surface area contributed by atoms with E-state index < -0.39 is 42.0 Å². The molecule has 2 N–H and O–H groups in total. The monoisotopic (exact) mass is 275 g/mol. The van der Waals surface area contributed by atoms with Gasteiger partial charge in [-0.15, -0.1) is 0 Å². The molecule has 7 nitrogen and oxygen atoms in total. The number of carboxylic acid groups (broad SMARTS) is 1. The van der Waals surface area contributed by atoms with Gasteiger partial charge < -0.3 is 19.9 Å². The van der Waals surface area contributed by atoms with Crippen molar-refractivity contribution in [3.8, 4) is 0 Å². The fraction of sp³-hybridized carbons (Fsp3) is 0.750. The minimum atomic E-state index is -1.13. The first kappa shape index (κ1) is 17.2. The van der Waals surface area contributed by atoms with Crippen molar-refractivity contribution in [3.05, 3.63) is 0 Å². The van der Waals surface area contributed by atoms with Gasteiger partial charge in [0.1, 0.15) is 5.60 Å². The molecule has 1 amide bonds. The standard InChI is InChI=1S/C12H21NO6/c1-7(10(16)18-5)8(6-9(14)15)13-11(17)19-12(2,3)4/h7-8H,6H2,1-5H3,(H,13,17)(H,14,15). The van der Waals surface area contributed by atoms with E-state index in [1.807, 2.05) is 0 Å². The Kier molecular flexibility index (Phi) is 6.31. The van der Waals surface area contributed by atoms with Gasteiger partial charge in [0.25, 0.3) is 0 Å². The molecule has 0 fully saturated rings. The first-order valence-corrected chi connectivity index (χ1v) is 5.86. The predicted octanol–water partition coefficient (Wildman–Crippen LogP) is 1.16. The summed E-state index contributed by atoms with van der Waals surface area (Å²) < 4.78 is 9.55. The number of nitrogens with one attached hydrogen (secondary N) is 1. The van der Waals surface area contributed by atoms with E-state index in [0.717, 1.165) is 0 Å². The number of aliphatic carboxylic acids is 1. The molecule has 0 heterocycles. The third kappa shape index (κ3) is 7.28. The summed E-state index contributed by atoms with van der Waals surface area (Å²) in [6.45, 7) is 6.53. The van der Waals surface area contributed by atoms with Crippen LogP contribution in [0.15, 0.2) is 0 Å². The molecule has 0 aliphatic heterocycles. The third-order valence-corrected chi connectivity index (χ3v) is 2.27. The number of carboxylic acids is 1. The van der Waals surface area contributed by atoms with Crippen molar-refractivity contribution >= 4 is 18.0 Å². The highest BCUT2D eigenvalue weighted by Crippen LogP contribution is 2.12. The van der Waals surface area contributed by atoms with Crippen LogP contribution in [0.1, 0.15) is 34.1 Å². The van der Waals surface area contributed by atoms with Crippen LogP contribution in [0.25, 0.3) is 0 Å². The van der Waals surface area contributed by atoms with E-state index in [9.17, 15) is 14.4 Å².